The van der Waals surface area contributed by atoms with Crippen LogP contribution in [0.4, 0.5) is 13.2 Å². The largest absolute Gasteiger partial charge is 0.471 e. The van der Waals surface area contributed by atoms with Crippen molar-refractivity contribution in [1.29, 1.82) is 0 Å². The van der Waals surface area contributed by atoms with Gasteiger partial charge in [0.05, 0.1) is 0 Å². The summed E-state index contributed by atoms with van der Waals surface area (Å²) in [5, 5.41) is 3.35. The summed E-state index contributed by atoms with van der Waals surface area (Å²) in [4.78, 5) is 3.35. The zero-order valence-electron chi connectivity index (χ0n) is 12.0. The lowest BCUT2D eigenvalue weighted by Gasteiger charge is -2.06. The van der Waals surface area contributed by atoms with Crippen LogP contribution in [-0.4, -0.2) is 10.1 Å². The van der Waals surface area contributed by atoms with Crippen molar-refractivity contribution in [2.24, 2.45) is 0 Å². The number of benzene rings is 2. The fraction of sp³-hybridized carbons (Fsp3) is 0.125. The van der Waals surface area contributed by atoms with Gasteiger partial charge in [0, 0.05) is 5.56 Å². The normalized spacial score (nSPS) is 11.5. The first-order valence-electron chi connectivity index (χ1n) is 6.68. The smallest absolute Gasteiger partial charge is 0.457 e. The van der Waals surface area contributed by atoms with E-state index in [-0.39, 0.29) is 5.82 Å². The van der Waals surface area contributed by atoms with Gasteiger partial charge >= 0.3 is 12.1 Å². The molecular weight excluding hydrogens is 309 g/mol. The number of hydrogen-bond acceptors (Lipinski definition) is 4. The van der Waals surface area contributed by atoms with Crippen LogP contribution in [0.2, 0.25) is 0 Å². The van der Waals surface area contributed by atoms with Crippen LogP contribution >= 0.6 is 0 Å². The average Bonchev–Trinajstić information content (AvgIpc) is 3.00. The highest BCUT2D eigenvalue weighted by molar-refractivity contribution is 5.57. The molecule has 0 spiro atoms. The first-order valence-corrected chi connectivity index (χ1v) is 6.68. The van der Waals surface area contributed by atoms with Gasteiger partial charge in [-0.15, -0.1) is 0 Å². The molecule has 0 aliphatic carbocycles. The van der Waals surface area contributed by atoms with Crippen LogP contribution in [0.3, 0.4) is 0 Å². The standard InChI is InChI=1S/C16H11F3N2O2/c1-10-5-7-12(8-6-10)22-13-4-2-3-11(9-13)14-20-15(23-21-14)16(17,18)19/h2-9H,1H3. The lowest BCUT2D eigenvalue weighted by atomic mass is 10.2. The SMILES string of the molecule is Cc1ccc(Oc2cccc(-c3noc(C(F)(F)F)n3)c2)cc1. The molecule has 1 aromatic heterocycles. The Morgan fingerprint density at radius 3 is 2.39 bits per heavy atom. The molecule has 0 atom stereocenters. The van der Waals surface area contributed by atoms with Crippen LogP contribution in [-0.2, 0) is 6.18 Å². The molecule has 3 rings (SSSR count). The molecule has 0 N–H and O–H groups in total. The Morgan fingerprint density at radius 2 is 1.74 bits per heavy atom. The molecule has 0 bridgehead atoms. The van der Waals surface area contributed by atoms with Crippen molar-refractivity contribution < 1.29 is 22.4 Å². The highest BCUT2D eigenvalue weighted by Gasteiger charge is 2.38. The second-order valence-electron chi connectivity index (χ2n) is 4.86. The number of aryl methyl sites for hydroxylation is 1. The highest BCUT2D eigenvalue weighted by Crippen LogP contribution is 2.31. The number of halogens is 3. The molecule has 0 unspecified atom stereocenters. The molecule has 4 nitrogen and oxygen atoms in total. The zero-order valence-corrected chi connectivity index (χ0v) is 12.0. The Balaban J connectivity index is 1.85. The Kier molecular flexibility index (Phi) is 3.77. The van der Waals surface area contributed by atoms with Crippen LogP contribution in [0.5, 0.6) is 11.5 Å². The van der Waals surface area contributed by atoms with E-state index in [4.69, 9.17) is 4.74 Å². The van der Waals surface area contributed by atoms with Crippen molar-refractivity contribution in [2.75, 3.05) is 0 Å². The molecular formula is C16H11F3N2O2. The predicted molar refractivity (Wildman–Crippen MR) is 76.0 cm³/mol. The number of nitrogens with zero attached hydrogens (tertiary/aromatic N) is 2. The van der Waals surface area contributed by atoms with Crippen LogP contribution in [0.1, 0.15) is 11.5 Å². The average molecular weight is 320 g/mol. The van der Waals surface area contributed by atoms with E-state index in [1.54, 1.807) is 36.4 Å². The summed E-state index contributed by atoms with van der Waals surface area (Å²) < 4.78 is 47.4. The van der Waals surface area contributed by atoms with Gasteiger partial charge in [0.2, 0.25) is 5.82 Å². The molecule has 7 heteroatoms. The topological polar surface area (TPSA) is 48.2 Å². The lowest BCUT2D eigenvalue weighted by molar-refractivity contribution is -0.159. The Bertz CT molecular complexity index is 811. The van der Waals surface area contributed by atoms with E-state index in [9.17, 15) is 13.2 Å². The van der Waals surface area contributed by atoms with Crippen molar-refractivity contribution in [2.45, 2.75) is 13.1 Å². The first-order chi connectivity index (χ1) is 10.9. The fourth-order valence-corrected chi connectivity index (χ4v) is 1.90. The minimum atomic E-state index is -4.67. The monoisotopic (exact) mass is 320 g/mol. The second-order valence-corrected chi connectivity index (χ2v) is 4.86. The molecule has 0 saturated heterocycles. The maximum atomic E-state index is 12.5. The third-order valence-corrected chi connectivity index (χ3v) is 3.02. The van der Waals surface area contributed by atoms with Gasteiger partial charge in [-0.2, -0.15) is 18.2 Å². The molecule has 0 aliphatic rings. The van der Waals surface area contributed by atoms with Crippen molar-refractivity contribution >= 4 is 0 Å². The van der Waals surface area contributed by atoms with Gasteiger partial charge in [-0.25, -0.2) is 0 Å². The van der Waals surface area contributed by atoms with Gasteiger partial charge < -0.3 is 9.26 Å². The molecule has 0 amide bonds. The maximum absolute atomic E-state index is 12.5. The van der Waals surface area contributed by atoms with Gasteiger partial charge in [-0.3, -0.25) is 0 Å². The van der Waals surface area contributed by atoms with Gasteiger partial charge in [0.1, 0.15) is 11.5 Å². The molecule has 0 fully saturated rings. The summed E-state index contributed by atoms with van der Waals surface area (Å²) in [6.07, 6.45) is -4.67. The third-order valence-electron chi connectivity index (χ3n) is 3.02. The lowest BCUT2D eigenvalue weighted by Crippen LogP contribution is -2.04. The summed E-state index contributed by atoms with van der Waals surface area (Å²) in [7, 11) is 0. The minimum Gasteiger partial charge on any atom is -0.457 e. The highest BCUT2D eigenvalue weighted by atomic mass is 19.4. The molecule has 3 aromatic rings. The number of hydrogen-bond donors (Lipinski definition) is 0. The third kappa shape index (κ3) is 3.50. The maximum Gasteiger partial charge on any atom is 0.471 e. The van der Waals surface area contributed by atoms with Crippen molar-refractivity contribution in [3.8, 4) is 22.9 Å². The molecule has 0 saturated carbocycles. The van der Waals surface area contributed by atoms with Gasteiger partial charge in [-0.05, 0) is 31.2 Å². The summed E-state index contributed by atoms with van der Waals surface area (Å²) in [6.45, 7) is 1.96. The van der Waals surface area contributed by atoms with Gasteiger partial charge in [-0.1, -0.05) is 35.0 Å². The zero-order chi connectivity index (χ0) is 16.4. The molecule has 2 aromatic carbocycles. The van der Waals surface area contributed by atoms with Crippen molar-refractivity contribution in [1.82, 2.24) is 10.1 Å². The summed E-state index contributed by atoms with van der Waals surface area (Å²) >= 11 is 0. The molecule has 0 aliphatic heterocycles. The van der Waals surface area contributed by atoms with E-state index in [1.165, 1.54) is 0 Å². The van der Waals surface area contributed by atoms with Crippen molar-refractivity contribution in [3.05, 3.63) is 60.0 Å². The van der Waals surface area contributed by atoms with E-state index in [2.05, 4.69) is 14.7 Å². The van der Waals surface area contributed by atoms with Gasteiger partial charge in [0.25, 0.3) is 0 Å². The van der Waals surface area contributed by atoms with E-state index < -0.39 is 12.1 Å². The second kappa shape index (κ2) is 5.75. The number of ether oxygens (including phenoxy) is 1. The van der Waals surface area contributed by atoms with E-state index in [0.29, 0.717) is 17.1 Å². The molecule has 118 valence electrons. The van der Waals surface area contributed by atoms with E-state index >= 15 is 0 Å². The molecule has 0 radical (unpaired) electrons. The summed E-state index contributed by atoms with van der Waals surface area (Å²) in [6, 6.07) is 13.9. The number of aromatic nitrogens is 2. The van der Waals surface area contributed by atoms with E-state index in [1.807, 2.05) is 19.1 Å². The Morgan fingerprint density at radius 1 is 1.00 bits per heavy atom. The molecule has 1 heterocycles. The van der Waals surface area contributed by atoms with Gasteiger partial charge in [0.15, 0.2) is 0 Å². The predicted octanol–water partition coefficient (Wildman–Crippen LogP) is 4.86. The van der Waals surface area contributed by atoms with E-state index in [0.717, 1.165) is 5.56 Å². The summed E-state index contributed by atoms with van der Waals surface area (Å²) in [5.74, 6) is -0.439. The Labute approximate surface area is 129 Å². The Hall–Kier alpha value is -2.83. The van der Waals surface area contributed by atoms with Crippen LogP contribution in [0.15, 0.2) is 53.1 Å². The number of alkyl halides is 3. The van der Waals surface area contributed by atoms with Crippen LogP contribution in [0, 0.1) is 6.92 Å². The number of rotatable bonds is 3. The van der Waals surface area contributed by atoms with Crippen molar-refractivity contribution in [3.63, 3.8) is 0 Å². The fourth-order valence-electron chi connectivity index (χ4n) is 1.90. The van der Waals surface area contributed by atoms with Crippen LogP contribution in [0.25, 0.3) is 11.4 Å². The minimum absolute atomic E-state index is 0.147. The molecule has 23 heavy (non-hydrogen) atoms. The van der Waals surface area contributed by atoms with Crippen LogP contribution < -0.4 is 4.74 Å². The first kappa shape index (κ1) is 15.1. The summed E-state index contributed by atoms with van der Waals surface area (Å²) in [5.41, 5.74) is 1.46. The quantitative estimate of drug-likeness (QED) is 0.692.